The van der Waals surface area contributed by atoms with Crippen LogP contribution < -0.4 is 0 Å². The zero-order valence-corrected chi connectivity index (χ0v) is 9.99. The molecule has 1 aliphatic carbocycles. The van der Waals surface area contributed by atoms with Gasteiger partial charge in [0.05, 0.1) is 6.61 Å². The van der Waals surface area contributed by atoms with Crippen molar-refractivity contribution in [1.29, 1.82) is 0 Å². The molecule has 0 amide bonds. The predicted octanol–water partition coefficient (Wildman–Crippen LogP) is 1.81. The highest BCUT2D eigenvalue weighted by Crippen LogP contribution is 2.43. The van der Waals surface area contributed by atoms with E-state index < -0.39 is 23.0 Å². The summed E-state index contributed by atoms with van der Waals surface area (Å²) >= 11 is 0. The smallest absolute Gasteiger partial charge is 0.341 e. The summed E-state index contributed by atoms with van der Waals surface area (Å²) in [6, 6.07) is 0. The normalized spacial score (nSPS) is 41.4. The van der Waals surface area contributed by atoms with E-state index in [1.54, 1.807) is 0 Å². The van der Waals surface area contributed by atoms with Crippen molar-refractivity contribution in [1.82, 2.24) is 0 Å². The van der Waals surface area contributed by atoms with Crippen LogP contribution in [0.5, 0.6) is 0 Å². The molecular formula is C11H17FO5. The van der Waals surface area contributed by atoms with Crippen molar-refractivity contribution in [2.24, 2.45) is 0 Å². The van der Waals surface area contributed by atoms with E-state index in [4.69, 9.17) is 19.6 Å². The molecule has 0 radical (unpaired) electrons. The molecule has 5 nitrogen and oxygen atoms in total. The van der Waals surface area contributed by atoms with Crippen molar-refractivity contribution >= 4 is 5.97 Å². The SMILES string of the molecule is CC1(C)COC2(CCC(F)(C(=O)O)CC2)OO1. The number of carbonyl (C=O) groups is 1. The molecular weight excluding hydrogens is 231 g/mol. The van der Waals surface area contributed by atoms with Crippen LogP contribution in [0, 0.1) is 0 Å². The van der Waals surface area contributed by atoms with Gasteiger partial charge in [-0.15, -0.1) is 0 Å². The van der Waals surface area contributed by atoms with Crippen molar-refractivity contribution in [3.05, 3.63) is 0 Å². The fourth-order valence-corrected chi connectivity index (χ4v) is 2.01. The first kappa shape index (κ1) is 12.7. The van der Waals surface area contributed by atoms with Crippen molar-refractivity contribution in [2.75, 3.05) is 6.61 Å². The molecule has 2 fully saturated rings. The van der Waals surface area contributed by atoms with Gasteiger partial charge in [0.25, 0.3) is 0 Å². The molecule has 0 bridgehead atoms. The van der Waals surface area contributed by atoms with Gasteiger partial charge in [-0.05, 0) is 26.7 Å². The quantitative estimate of drug-likeness (QED) is 0.717. The molecule has 1 saturated heterocycles. The van der Waals surface area contributed by atoms with E-state index in [0.29, 0.717) is 6.61 Å². The molecule has 2 aliphatic rings. The van der Waals surface area contributed by atoms with E-state index in [-0.39, 0.29) is 25.7 Å². The molecule has 1 N–H and O–H groups in total. The molecule has 0 atom stereocenters. The average molecular weight is 248 g/mol. The Kier molecular flexibility index (Phi) is 2.92. The largest absolute Gasteiger partial charge is 0.479 e. The third-order valence-corrected chi connectivity index (χ3v) is 3.29. The highest BCUT2D eigenvalue weighted by atomic mass is 19.1. The predicted molar refractivity (Wildman–Crippen MR) is 54.9 cm³/mol. The maximum atomic E-state index is 13.8. The molecule has 0 unspecified atom stereocenters. The first-order valence-electron chi connectivity index (χ1n) is 5.70. The van der Waals surface area contributed by atoms with Crippen LogP contribution in [-0.2, 0) is 19.3 Å². The highest BCUT2D eigenvalue weighted by Gasteiger charge is 2.52. The third-order valence-electron chi connectivity index (χ3n) is 3.29. The number of aliphatic carboxylic acids is 1. The van der Waals surface area contributed by atoms with Crippen LogP contribution in [0.3, 0.4) is 0 Å². The minimum absolute atomic E-state index is 0.119. The summed E-state index contributed by atoms with van der Waals surface area (Å²) in [5, 5.41) is 8.78. The van der Waals surface area contributed by atoms with Crippen LogP contribution >= 0.6 is 0 Å². The summed E-state index contributed by atoms with van der Waals surface area (Å²) in [5.41, 5.74) is -2.69. The molecule has 1 saturated carbocycles. The molecule has 1 aliphatic heterocycles. The van der Waals surface area contributed by atoms with Crippen molar-refractivity contribution in [3.63, 3.8) is 0 Å². The second kappa shape index (κ2) is 3.90. The first-order valence-corrected chi connectivity index (χ1v) is 5.70. The summed E-state index contributed by atoms with van der Waals surface area (Å²) in [4.78, 5) is 21.2. The maximum Gasteiger partial charge on any atom is 0.341 e. The number of hydrogen-bond acceptors (Lipinski definition) is 4. The lowest BCUT2D eigenvalue weighted by Gasteiger charge is -2.45. The van der Waals surface area contributed by atoms with E-state index in [1.807, 2.05) is 13.8 Å². The standard InChI is InChI=1S/C11H17FO5/c1-9(2)7-15-11(17-16-9)5-3-10(12,4-6-11)8(13)14/h3-7H2,1-2H3,(H,13,14). The summed E-state index contributed by atoms with van der Waals surface area (Å²) in [6.45, 7) is 3.98. The molecule has 0 aromatic carbocycles. The van der Waals surface area contributed by atoms with Crippen molar-refractivity contribution < 1.29 is 28.8 Å². The monoisotopic (exact) mass is 248 g/mol. The van der Waals surface area contributed by atoms with Crippen LogP contribution in [0.4, 0.5) is 4.39 Å². The third kappa shape index (κ3) is 2.43. The molecule has 2 rings (SSSR count). The number of ether oxygens (including phenoxy) is 1. The Hall–Kier alpha value is -0.720. The van der Waals surface area contributed by atoms with E-state index in [1.165, 1.54) is 0 Å². The molecule has 98 valence electrons. The summed E-state index contributed by atoms with van der Waals surface area (Å²) in [5.74, 6) is -2.38. The number of hydrogen-bond donors (Lipinski definition) is 1. The topological polar surface area (TPSA) is 65.0 Å². The van der Waals surface area contributed by atoms with Gasteiger partial charge in [0.1, 0.15) is 5.60 Å². The fraction of sp³-hybridized carbons (Fsp3) is 0.909. The number of halogens is 1. The highest BCUT2D eigenvalue weighted by molar-refractivity contribution is 5.77. The number of rotatable bonds is 1. The molecule has 0 aromatic rings. The van der Waals surface area contributed by atoms with Crippen LogP contribution in [0.1, 0.15) is 39.5 Å². The number of alkyl halides is 1. The Balaban J connectivity index is 1.97. The molecule has 1 spiro atoms. The first-order chi connectivity index (χ1) is 7.77. The van der Waals surface area contributed by atoms with Crippen LogP contribution in [0.2, 0.25) is 0 Å². The van der Waals surface area contributed by atoms with Crippen LogP contribution in [0.25, 0.3) is 0 Å². The zero-order valence-electron chi connectivity index (χ0n) is 9.99. The van der Waals surface area contributed by atoms with Crippen LogP contribution in [-0.4, -0.2) is 34.7 Å². The van der Waals surface area contributed by atoms with E-state index >= 15 is 0 Å². The average Bonchev–Trinajstić information content (AvgIpc) is 2.27. The summed E-state index contributed by atoms with van der Waals surface area (Å²) in [7, 11) is 0. The Labute approximate surface area is 98.8 Å². The number of carboxylic acid groups (broad SMARTS) is 1. The minimum atomic E-state index is -2.16. The molecule has 17 heavy (non-hydrogen) atoms. The fourth-order valence-electron chi connectivity index (χ4n) is 2.01. The van der Waals surface area contributed by atoms with Gasteiger partial charge in [-0.1, -0.05) is 0 Å². The minimum Gasteiger partial charge on any atom is -0.479 e. The molecule has 6 heteroatoms. The summed E-state index contributed by atoms with van der Waals surface area (Å²) in [6.07, 6.45) is 0.135. The van der Waals surface area contributed by atoms with E-state index in [2.05, 4.69) is 0 Å². The Bertz CT molecular complexity index is 308. The zero-order chi connectivity index (χ0) is 12.7. The van der Waals surface area contributed by atoms with Gasteiger partial charge in [-0.2, -0.15) is 0 Å². The maximum absolute atomic E-state index is 13.8. The lowest BCUT2D eigenvalue weighted by atomic mass is 9.82. The van der Waals surface area contributed by atoms with Gasteiger partial charge in [0.2, 0.25) is 11.5 Å². The molecule has 1 heterocycles. The van der Waals surface area contributed by atoms with Gasteiger partial charge in [0, 0.05) is 12.8 Å². The lowest BCUT2D eigenvalue weighted by molar-refractivity contribution is -0.512. The van der Waals surface area contributed by atoms with Crippen molar-refractivity contribution in [2.45, 2.75) is 56.6 Å². The number of carboxylic acids is 1. The van der Waals surface area contributed by atoms with E-state index in [0.717, 1.165) is 0 Å². The lowest BCUT2D eigenvalue weighted by Crippen LogP contribution is -2.54. The van der Waals surface area contributed by atoms with E-state index in [9.17, 15) is 9.18 Å². The van der Waals surface area contributed by atoms with Gasteiger partial charge in [-0.25, -0.2) is 19.0 Å². The van der Waals surface area contributed by atoms with Crippen LogP contribution in [0.15, 0.2) is 0 Å². The second-order valence-electron chi connectivity index (χ2n) is 5.40. The van der Waals surface area contributed by atoms with Crippen molar-refractivity contribution in [3.8, 4) is 0 Å². The summed E-state index contributed by atoms with van der Waals surface area (Å²) < 4.78 is 19.4. The second-order valence-corrected chi connectivity index (χ2v) is 5.40. The van der Waals surface area contributed by atoms with Gasteiger partial charge < -0.3 is 9.84 Å². The molecule has 0 aromatic heterocycles. The van der Waals surface area contributed by atoms with Gasteiger partial charge >= 0.3 is 5.97 Å². The Morgan fingerprint density at radius 2 is 1.76 bits per heavy atom. The Morgan fingerprint density at radius 1 is 1.18 bits per heavy atom. The van der Waals surface area contributed by atoms with Gasteiger partial charge in [0.15, 0.2) is 0 Å². The Morgan fingerprint density at radius 3 is 2.18 bits per heavy atom. The van der Waals surface area contributed by atoms with Gasteiger partial charge in [-0.3, -0.25) is 0 Å².